The number of hydrogen-bond acceptors (Lipinski definition) is 5. The highest BCUT2D eigenvalue weighted by Gasteiger charge is 2.35. The maximum atomic E-state index is 12.8. The van der Waals surface area contributed by atoms with Crippen LogP contribution in [0.3, 0.4) is 0 Å². The fourth-order valence-corrected chi connectivity index (χ4v) is 3.94. The number of carbonyl (C=O) groups is 2. The molecule has 1 aliphatic heterocycles. The van der Waals surface area contributed by atoms with Gasteiger partial charge < -0.3 is 9.47 Å². The first-order valence-electron chi connectivity index (χ1n) is 8.26. The standard InChI is InChI=1S/C21H16BrNO4S/c1-3-9-27-19-15(10-16(22)12-17(19)26-2)11-18-20(24)23(21(25)28-18)13-14-7-5-4-6-8-14/h1,4-8,10-12H,9,13H2,2H3/b18-11+. The fraction of sp³-hybridized carbons (Fsp3) is 0.143. The summed E-state index contributed by atoms with van der Waals surface area (Å²) in [4.78, 5) is 26.7. The predicted octanol–water partition coefficient (Wildman–Crippen LogP) is 4.71. The van der Waals surface area contributed by atoms with Crippen LogP contribution in [0, 0.1) is 12.3 Å². The summed E-state index contributed by atoms with van der Waals surface area (Å²) in [5, 5.41) is -0.312. The van der Waals surface area contributed by atoms with Gasteiger partial charge in [0.2, 0.25) is 0 Å². The van der Waals surface area contributed by atoms with Crippen LogP contribution in [-0.2, 0) is 11.3 Å². The van der Waals surface area contributed by atoms with Gasteiger partial charge in [-0.05, 0) is 35.5 Å². The van der Waals surface area contributed by atoms with Crippen LogP contribution < -0.4 is 9.47 Å². The number of imide groups is 1. The minimum Gasteiger partial charge on any atom is -0.493 e. The summed E-state index contributed by atoms with van der Waals surface area (Å²) in [6.45, 7) is 0.277. The van der Waals surface area contributed by atoms with Crippen LogP contribution in [0.25, 0.3) is 6.08 Å². The molecule has 3 rings (SSSR count). The van der Waals surface area contributed by atoms with Gasteiger partial charge in [0.05, 0.1) is 18.6 Å². The molecule has 0 aliphatic carbocycles. The molecule has 7 heteroatoms. The van der Waals surface area contributed by atoms with Crippen molar-refractivity contribution in [3.05, 3.63) is 63.0 Å². The first kappa shape index (κ1) is 20.1. The third-order valence-electron chi connectivity index (χ3n) is 3.91. The Morgan fingerprint density at radius 3 is 2.68 bits per heavy atom. The highest BCUT2D eigenvalue weighted by molar-refractivity contribution is 9.10. The molecule has 2 amide bonds. The number of nitrogens with zero attached hydrogens (tertiary/aromatic N) is 1. The molecule has 0 N–H and O–H groups in total. The predicted molar refractivity (Wildman–Crippen MR) is 113 cm³/mol. The van der Waals surface area contributed by atoms with E-state index in [0.717, 1.165) is 21.8 Å². The molecular formula is C21H16BrNO4S. The molecule has 2 aromatic rings. The Kier molecular flexibility index (Phi) is 6.45. The maximum Gasteiger partial charge on any atom is 0.293 e. The third kappa shape index (κ3) is 4.41. The normalized spacial score (nSPS) is 15.0. The molecule has 0 radical (unpaired) electrons. The van der Waals surface area contributed by atoms with Crippen molar-refractivity contribution < 1.29 is 19.1 Å². The van der Waals surface area contributed by atoms with E-state index < -0.39 is 0 Å². The molecule has 1 heterocycles. The molecule has 0 bridgehead atoms. The van der Waals surface area contributed by atoms with Crippen LogP contribution in [0.4, 0.5) is 4.79 Å². The van der Waals surface area contributed by atoms with Crippen molar-refractivity contribution in [2.75, 3.05) is 13.7 Å². The molecule has 142 valence electrons. The summed E-state index contributed by atoms with van der Waals surface area (Å²) in [6, 6.07) is 12.9. The Bertz CT molecular complexity index is 982. The lowest BCUT2D eigenvalue weighted by Crippen LogP contribution is -2.27. The summed E-state index contributed by atoms with van der Waals surface area (Å²) < 4.78 is 11.7. The second-order valence-electron chi connectivity index (χ2n) is 5.77. The smallest absolute Gasteiger partial charge is 0.293 e. The van der Waals surface area contributed by atoms with Gasteiger partial charge in [-0.2, -0.15) is 0 Å². The molecule has 0 atom stereocenters. The number of rotatable bonds is 6. The highest BCUT2D eigenvalue weighted by Crippen LogP contribution is 2.39. The van der Waals surface area contributed by atoms with E-state index in [9.17, 15) is 9.59 Å². The van der Waals surface area contributed by atoms with E-state index in [1.54, 1.807) is 18.2 Å². The first-order valence-corrected chi connectivity index (χ1v) is 9.87. The molecule has 0 aromatic heterocycles. The largest absolute Gasteiger partial charge is 0.493 e. The lowest BCUT2D eigenvalue weighted by Gasteiger charge is -2.13. The molecular weight excluding hydrogens is 442 g/mol. The van der Waals surface area contributed by atoms with Crippen LogP contribution in [0.2, 0.25) is 0 Å². The van der Waals surface area contributed by atoms with Gasteiger partial charge in [0.1, 0.15) is 6.61 Å². The SMILES string of the molecule is C#CCOc1c(/C=C2/SC(=O)N(Cc3ccccc3)C2=O)cc(Br)cc1OC. The highest BCUT2D eigenvalue weighted by atomic mass is 79.9. The van der Waals surface area contributed by atoms with Crippen molar-refractivity contribution >= 4 is 44.9 Å². The molecule has 0 saturated carbocycles. The van der Waals surface area contributed by atoms with Gasteiger partial charge in [-0.3, -0.25) is 14.5 Å². The van der Waals surface area contributed by atoms with E-state index in [1.165, 1.54) is 12.0 Å². The molecule has 0 unspecified atom stereocenters. The van der Waals surface area contributed by atoms with E-state index in [4.69, 9.17) is 15.9 Å². The Labute approximate surface area is 175 Å². The molecule has 1 aliphatic rings. The van der Waals surface area contributed by atoms with Gasteiger partial charge in [-0.15, -0.1) is 6.42 Å². The van der Waals surface area contributed by atoms with E-state index >= 15 is 0 Å². The second-order valence-corrected chi connectivity index (χ2v) is 7.68. The minimum atomic E-state index is -0.347. The quantitative estimate of drug-likeness (QED) is 0.464. The van der Waals surface area contributed by atoms with Crippen molar-refractivity contribution in [2.45, 2.75) is 6.54 Å². The average molecular weight is 458 g/mol. The summed E-state index contributed by atoms with van der Waals surface area (Å²) in [5.41, 5.74) is 1.47. The van der Waals surface area contributed by atoms with Crippen LogP contribution in [0.1, 0.15) is 11.1 Å². The molecule has 5 nitrogen and oxygen atoms in total. The van der Waals surface area contributed by atoms with Gasteiger partial charge in [0, 0.05) is 10.0 Å². The lowest BCUT2D eigenvalue weighted by molar-refractivity contribution is -0.123. The Morgan fingerprint density at radius 2 is 2.00 bits per heavy atom. The molecule has 0 spiro atoms. The zero-order valence-electron chi connectivity index (χ0n) is 15.0. The number of amides is 2. The Hall–Kier alpha value is -2.69. The zero-order valence-corrected chi connectivity index (χ0v) is 17.4. The number of carbonyl (C=O) groups excluding carboxylic acids is 2. The number of terminal acetylenes is 1. The topological polar surface area (TPSA) is 55.8 Å². The van der Waals surface area contributed by atoms with Gasteiger partial charge in [-0.25, -0.2) is 0 Å². The van der Waals surface area contributed by atoms with E-state index in [1.807, 2.05) is 30.3 Å². The molecule has 1 fully saturated rings. The van der Waals surface area contributed by atoms with Crippen LogP contribution in [0.15, 0.2) is 51.8 Å². The van der Waals surface area contributed by atoms with Crippen LogP contribution in [0.5, 0.6) is 11.5 Å². The van der Waals surface area contributed by atoms with Crippen molar-refractivity contribution in [2.24, 2.45) is 0 Å². The number of hydrogen-bond donors (Lipinski definition) is 0. The second kappa shape index (κ2) is 9.00. The average Bonchev–Trinajstić information content (AvgIpc) is 2.95. The van der Waals surface area contributed by atoms with Crippen LogP contribution in [-0.4, -0.2) is 29.8 Å². The fourth-order valence-electron chi connectivity index (χ4n) is 2.66. The summed E-state index contributed by atoms with van der Waals surface area (Å²) in [5.74, 6) is 2.95. The maximum absolute atomic E-state index is 12.8. The van der Waals surface area contributed by atoms with Gasteiger partial charge in [0.25, 0.3) is 11.1 Å². The molecule has 1 saturated heterocycles. The first-order chi connectivity index (χ1) is 13.5. The summed E-state index contributed by atoms with van der Waals surface area (Å²) >= 11 is 4.31. The number of halogens is 1. The number of ether oxygens (including phenoxy) is 2. The molecule has 28 heavy (non-hydrogen) atoms. The lowest BCUT2D eigenvalue weighted by atomic mass is 10.1. The molecule has 2 aromatic carbocycles. The van der Waals surface area contributed by atoms with Crippen molar-refractivity contribution in [3.63, 3.8) is 0 Å². The zero-order chi connectivity index (χ0) is 20.1. The van der Waals surface area contributed by atoms with E-state index in [2.05, 4.69) is 21.9 Å². The van der Waals surface area contributed by atoms with E-state index in [0.29, 0.717) is 22.0 Å². The third-order valence-corrected chi connectivity index (χ3v) is 5.28. The summed E-state index contributed by atoms with van der Waals surface area (Å²) in [7, 11) is 1.52. The van der Waals surface area contributed by atoms with Crippen molar-refractivity contribution in [3.8, 4) is 23.8 Å². The van der Waals surface area contributed by atoms with Gasteiger partial charge >= 0.3 is 0 Å². The number of benzene rings is 2. The number of methoxy groups -OCH3 is 1. The van der Waals surface area contributed by atoms with Crippen LogP contribution >= 0.6 is 27.7 Å². The van der Waals surface area contributed by atoms with Gasteiger partial charge in [0.15, 0.2) is 11.5 Å². The van der Waals surface area contributed by atoms with E-state index in [-0.39, 0.29) is 24.3 Å². The minimum absolute atomic E-state index is 0.0499. The van der Waals surface area contributed by atoms with Crippen molar-refractivity contribution in [1.82, 2.24) is 4.90 Å². The summed E-state index contributed by atoms with van der Waals surface area (Å²) in [6.07, 6.45) is 6.91. The Morgan fingerprint density at radius 1 is 1.25 bits per heavy atom. The van der Waals surface area contributed by atoms with Crippen molar-refractivity contribution in [1.29, 1.82) is 0 Å². The number of thioether (sulfide) groups is 1. The van der Waals surface area contributed by atoms with Gasteiger partial charge in [-0.1, -0.05) is 52.2 Å². The Balaban J connectivity index is 1.93. The monoisotopic (exact) mass is 457 g/mol.